The van der Waals surface area contributed by atoms with Gasteiger partial charge in [-0.3, -0.25) is 0 Å². The van der Waals surface area contributed by atoms with Crippen molar-refractivity contribution in [1.82, 2.24) is 5.32 Å². The number of carbonyl (C=O) groups is 1. The van der Waals surface area contributed by atoms with E-state index in [9.17, 15) is 4.79 Å². The summed E-state index contributed by atoms with van der Waals surface area (Å²) in [4.78, 5) is 10.6. The molecule has 1 aliphatic rings. The van der Waals surface area contributed by atoms with Crippen LogP contribution in [0.3, 0.4) is 0 Å². The maximum absolute atomic E-state index is 10.6. The number of hydrogen-bond acceptors (Lipinski definition) is 2. The van der Waals surface area contributed by atoms with Crippen LogP contribution in [-0.2, 0) is 0 Å². The minimum Gasteiger partial charge on any atom is -0.352 e. The highest BCUT2D eigenvalue weighted by molar-refractivity contribution is 5.73. The highest BCUT2D eigenvalue weighted by Crippen LogP contribution is 2.27. The van der Waals surface area contributed by atoms with E-state index in [1.165, 1.54) is 0 Å². The number of amides is 2. The number of rotatable bonds is 1. The van der Waals surface area contributed by atoms with Crippen LogP contribution in [0.15, 0.2) is 0 Å². The summed E-state index contributed by atoms with van der Waals surface area (Å²) in [7, 11) is 0. The summed E-state index contributed by atoms with van der Waals surface area (Å²) in [5, 5.41) is 11.4. The van der Waals surface area contributed by atoms with Crippen LogP contribution < -0.4 is 11.1 Å². The quantitative estimate of drug-likeness (QED) is 0.608. The first kappa shape index (κ1) is 8.85. The molecule has 12 heavy (non-hydrogen) atoms. The van der Waals surface area contributed by atoms with Crippen LogP contribution in [0.25, 0.3) is 0 Å². The van der Waals surface area contributed by atoms with Gasteiger partial charge in [0.2, 0.25) is 0 Å². The van der Waals surface area contributed by atoms with Crippen molar-refractivity contribution in [1.29, 1.82) is 5.26 Å². The van der Waals surface area contributed by atoms with Gasteiger partial charge >= 0.3 is 6.03 Å². The van der Waals surface area contributed by atoms with E-state index in [1.54, 1.807) is 0 Å². The van der Waals surface area contributed by atoms with E-state index in [0.29, 0.717) is 0 Å². The molecule has 2 amide bonds. The van der Waals surface area contributed by atoms with E-state index in [1.807, 2.05) is 0 Å². The lowest BCUT2D eigenvalue weighted by molar-refractivity contribution is 0.230. The molecule has 0 unspecified atom stereocenters. The molecule has 0 aromatic rings. The molecule has 4 nitrogen and oxygen atoms in total. The highest BCUT2D eigenvalue weighted by Gasteiger charge is 2.32. The van der Waals surface area contributed by atoms with Crippen LogP contribution in [0.2, 0.25) is 0 Å². The first-order chi connectivity index (χ1) is 5.68. The molecule has 0 heterocycles. The van der Waals surface area contributed by atoms with Crippen molar-refractivity contribution in [3.63, 3.8) is 0 Å². The number of primary amides is 1. The first-order valence-electron chi connectivity index (χ1n) is 4.17. The van der Waals surface area contributed by atoms with Crippen LogP contribution >= 0.6 is 0 Å². The third kappa shape index (κ3) is 1.88. The Morgan fingerprint density at radius 1 is 1.42 bits per heavy atom. The summed E-state index contributed by atoms with van der Waals surface area (Å²) >= 11 is 0. The first-order valence-corrected chi connectivity index (χ1v) is 4.17. The Balaban J connectivity index is 2.61. The van der Waals surface area contributed by atoms with Gasteiger partial charge < -0.3 is 11.1 Å². The monoisotopic (exact) mass is 167 g/mol. The fourth-order valence-corrected chi connectivity index (χ4v) is 1.66. The molecule has 4 heteroatoms. The Morgan fingerprint density at radius 2 is 2.00 bits per heavy atom. The van der Waals surface area contributed by atoms with Gasteiger partial charge in [0, 0.05) is 0 Å². The van der Waals surface area contributed by atoms with E-state index >= 15 is 0 Å². The molecular weight excluding hydrogens is 154 g/mol. The van der Waals surface area contributed by atoms with Gasteiger partial charge in [0.15, 0.2) is 0 Å². The summed E-state index contributed by atoms with van der Waals surface area (Å²) in [5.41, 5.74) is 4.31. The maximum Gasteiger partial charge on any atom is 0.313 e. The molecule has 0 saturated heterocycles. The van der Waals surface area contributed by atoms with Crippen molar-refractivity contribution >= 4 is 6.03 Å². The maximum atomic E-state index is 10.6. The lowest BCUT2D eigenvalue weighted by Crippen LogP contribution is -2.50. The second kappa shape index (κ2) is 3.44. The zero-order valence-electron chi connectivity index (χ0n) is 6.97. The average Bonchev–Trinajstić information content (AvgIpc) is 2.05. The molecule has 0 bridgehead atoms. The number of hydrogen-bond donors (Lipinski definition) is 2. The fraction of sp³-hybridized carbons (Fsp3) is 0.750. The Morgan fingerprint density at radius 3 is 2.42 bits per heavy atom. The highest BCUT2D eigenvalue weighted by atomic mass is 16.2. The Hall–Kier alpha value is -1.24. The van der Waals surface area contributed by atoms with E-state index in [2.05, 4.69) is 11.4 Å². The van der Waals surface area contributed by atoms with E-state index in [0.717, 1.165) is 32.1 Å². The predicted octanol–water partition coefficient (Wildman–Crippen LogP) is 0.881. The fourth-order valence-electron chi connectivity index (χ4n) is 1.66. The lowest BCUT2D eigenvalue weighted by Gasteiger charge is -2.30. The molecule has 1 rings (SSSR count). The van der Waals surface area contributed by atoms with Gasteiger partial charge in [-0.25, -0.2) is 4.79 Å². The molecular formula is C8H13N3O. The molecule has 1 fully saturated rings. The minimum atomic E-state index is -0.677. The second-order valence-corrected chi connectivity index (χ2v) is 3.24. The van der Waals surface area contributed by atoms with E-state index in [-0.39, 0.29) is 0 Å². The largest absolute Gasteiger partial charge is 0.352 e. The van der Waals surface area contributed by atoms with Gasteiger partial charge in [0.25, 0.3) is 0 Å². The van der Waals surface area contributed by atoms with Crippen LogP contribution in [0.5, 0.6) is 0 Å². The molecule has 1 aliphatic carbocycles. The third-order valence-corrected chi connectivity index (χ3v) is 2.28. The average molecular weight is 167 g/mol. The molecule has 0 aromatic heterocycles. The van der Waals surface area contributed by atoms with Crippen molar-refractivity contribution in [2.45, 2.75) is 37.6 Å². The molecule has 3 N–H and O–H groups in total. The van der Waals surface area contributed by atoms with Crippen LogP contribution in [0.1, 0.15) is 32.1 Å². The summed E-state index contributed by atoms with van der Waals surface area (Å²) in [6, 6.07) is 1.54. The number of nitrogens with zero attached hydrogens (tertiary/aromatic N) is 1. The third-order valence-electron chi connectivity index (χ3n) is 2.28. The molecule has 66 valence electrons. The zero-order chi connectivity index (χ0) is 9.03. The van der Waals surface area contributed by atoms with Crippen molar-refractivity contribution in [3.05, 3.63) is 0 Å². The summed E-state index contributed by atoms with van der Waals surface area (Å²) in [6.45, 7) is 0. The zero-order valence-corrected chi connectivity index (χ0v) is 6.97. The second-order valence-electron chi connectivity index (χ2n) is 3.24. The molecule has 0 atom stereocenters. The smallest absolute Gasteiger partial charge is 0.313 e. The van der Waals surface area contributed by atoms with Crippen LogP contribution in [0.4, 0.5) is 4.79 Å². The number of nitriles is 1. The van der Waals surface area contributed by atoms with Gasteiger partial charge in [-0.1, -0.05) is 19.3 Å². The van der Waals surface area contributed by atoms with Gasteiger partial charge in [-0.05, 0) is 12.8 Å². The topological polar surface area (TPSA) is 78.9 Å². The Labute approximate surface area is 71.7 Å². The normalized spacial score (nSPS) is 20.9. The number of nitrogens with one attached hydrogen (secondary N) is 1. The van der Waals surface area contributed by atoms with Gasteiger partial charge in [-0.2, -0.15) is 5.26 Å². The van der Waals surface area contributed by atoms with E-state index < -0.39 is 11.6 Å². The molecule has 1 saturated carbocycles. The SMILES string of the molecule is N#CC1(NC(N)=O)CCCCC1. The molecule has 0 aliphatic heterocycles. The van der Waals surface area contributed by atoms with Crippen LogP contribution in [-0.4, -0.2) is 11.6 Å². The standard InChI is InChI=1S/C8H13N3O/c9-6-8(11-7(10)12)4-2-1-3-5-8/h1-5H2,(H3,10,11,12). The lowest BCUT2D eigenvalue weighted by atomic mass is 9.83. The molecule has 0 radical (unpaired) electrons. The number of urea groups is 1. The van der Waals surface area contributed by atoms with E-state index in [4.69, 9.17) is 11.0 Å². The predicted molar refractivity (Wildman–Crippen MR) is 44.1 cm³/mol. The summed E-state index contributed by atoms with van der Waals surface area (Å²) in [6.07, 6.45) is 4.59. The van der Waals surface area contributed by atoms with Crippen molar-refractivity contribution in [3.8, 4) is 6.07 Å². The van der Waals surface area contributed by atoms with Gasteiger partial charge in [-0.15, -0.1) is 0 Å². The number of nitrogens with two attached hydrogens (primary N) is 1. The van der Waals surface area contributed by atoms with Crippen molar-refractivity contribution in [2.75, 3.05) is 0 Å². The summed E-state index contributed by atoms with van der Waals surface area (Å²) in [5.74, 6) is 0. The minimum absolute atomic E-state index is 0.599. The Kier molecular flexibility index (Phi) is 2.54. The van der Waals surface area contributed by atoms with Gasteiger partial charge in [0.1, 0.15) is 5.54 Å². The Bertz CT molecular complexity index is 213. The van der Waals surface area contributed by atoms with Crippen molar-refractivity contribution < 1.29 is 4.79 Å². The van der Waals surface area contributed by atoms with Crippen LogP contribution in [0, 0.1) is 11.3 Å². The molecule has 0 aromatic carbocycles. The van der Waals surface area contributed by atoms with Crippen molar-refractivity contribution in [2.24, 2.45) is 5.73 Å². The summed E-state index contributed by atoms with van der Waals surface area (Å²) < 4.78 is 0. The molecule has 0 spiro atoms. The number of carbonyl (C=O) groups excluding carboxylic acids is 1. The van der Waals surface area contributed by atoms with Gasteiger partial charge in [0.05, 0.1) is 6.07 Å².